The predicted octanol–water partition coefficient (Wildman–Crippen LogP) is 0.616. The van der Waals surface area contributed by atoms with E-state index in [9.17, 15) is 9.59 Å². The Morgan fingerprint density at radius 2 is 1.81 bits per heavy atom. The summed E-state index contributed by atoms with van der Waals surface area (Å²) in [5, 5.41) is 2.94. The number of amides is 2. The molecule has 1 aromatic carbocycles. The number of benzene rings is 1. The van der Waals surface area contributed by atoms with Gasteiger partial charge in [0.2, 0.25) is 0 Å². The van der Waals surface area contributed by atoms with Gasteiger partial charge in [-0.25, -0.2) is 0 Å². The van der Waals surface area contributed by atoms with Crippen LogP contribution >= 0.6 is 0 Å². The van der Waals surface area contributed by atoms with E-state index in [0.717, 1.165) is 29.1 Å². The molecule has 6 heteroatoms. The average molecular weight is 362 g/mol. The summed E-state index contributed by atoms with van der Waals surface area (Å²) in [7, 11) is 3.53. The minimum absolute atomic E-state index is 0.0315. The Kier molecular flexibility index (Phi) is 6.64. The van der Waals surface area contributed by atoms with E-state index in [1.165, 1.54) is 0 Å². The van der Waals surface area contributed by atoms with Crippen molar-refractivity contribution in [3.05, 3.63) is 29.8 Å². The lowest BCUT2D eigenvalue weighted by molar-refractivity contribution is -0.863. The number of hydrogen-bond acceptors (Lipinski definition) is 3. The quantitative estimate of drug-likeness (QED) is 0.713. The maximum Gasteiger partial charge on any atom is 0.278 e. The SMILES string of the molecule is COc1ccc(CN(C(=O)C[NH+](C)CC(=O)NC(C)(C)C)C2CC2)cc1. The minimum atomic E-state index is -0.254. The first kappa shape index (κ1) is 20.2. The highest BCUT2D eigenvalue weighted by Gasteiger charge is 2.34. The Labute approximate surface area is 156 Å². The normalized spacial score (nSPS) is 15.3. The summed E-state index contributed by atoms with van der Waals surface area (Å²) >= 11 is 0. The summed E-state index contributed by atoms with van der Waals surface area (Å²) in [5.41, 5.74) is 0.838. The third-order valence-electron chi connectivity index (χ3n) is 4.25. The van der Waals surface area contributed by atoms with Crippen LogP contribution in [0.3, 0.4) is 0 Å². The van der Waals surface area contributed by atoms with E-state index in [0.29, 0.717) is 25.7 Å². The number of methoxy groups -OCH3 is 1. The topological polar surface area (TPSA) is 63.1 Å². The summed E-state index contributed by atoms with van der Waals surface area (Å²) < 4.78 is 5.18. The Morgan fingerprint density at radius 1 is 1.19 bits per heavy atom. The summed E-state index contributed by atoms with van der Waals surface area (Å²) in [6.45, 7) is 7.09. The fourth-order valence-electron chi connectivity index (χ4n) is 2.89. The smallest absolute Gasteiger partial charge is 0.278 e. The van der Waals surface area contributed by atoms with Crippen LogP contribution in [-0.4, -0.2) is 55.5 Å². The number of carbonyl (C=O) groups is 2. The van der Waals surface area contributed by atoms with Crippen molar-refractivity contribution in [1.82, 2.24) is 10.2 Å². The number of ether oxygens (including phenoxy) is 1. The number of quaternary nitrogens is 1. The van der Waals surface area contributed by atoms with Crippen LogP contribution in [0.2, 0.25) is 0 Å². The van der Waals surface area contributed by atoms with Gasteiger partial charge in [0.25, 0.3) is 11.8 Å². The van der Waals surface area contributed by atoms with Gasteiger partial charge in [-0.15, -0.1) is 0 Å². The van der Waals surface area contributed by atoms with Crippen molar-refractivity contribution in [2.75, 3.05) is 27.2 Å². The van der Waals surface area contributed by atoms with Crippen LogP contribution in [0.15, 0.2) is 24.3 Å². The monoisotopic (exact) mass is 362 g/mol. The van der Waals surface area contributed by atoms with Gasteiger partial charge in [0, 0.05) is 18.1 Å². The molecule has 1 fully saturated rings. The first-order valence-corrected chi connectivity index (χ1v) is 9.22. The Hall–Kier alpha value is -2.08. The molecule has 2 N–H and O–H groups in total. The van der Waals surface area contributed by atoms with Gasteiger partial charge in [-0.3, -0.25) is 9.59 Å². The van der Waals surface area contributed by atoms with E-state index < -0.39 is 0 Å². The van der Waals surface area contributed by atoms with Crippen LogP contribution in [0.1, 0.15) is 39.2 Å². The minimum Gasteiger partial charge on any atom is -0.497 e. The summed E-state index contributed by atoms with van der Waals surface area (Å²) in [6, 6.07) is 8.16. The van der Waals surface area contributed by atoms with Crippen LogP contribution in [-0.2, 0) is 16.1 Å². The van der Waals surface area contributed by atoms with Crippen LogP contribution in [0.25, 0.3) is 0 Å². The number of nitrogens with zero attached hydrogens (tertiary/aromatic N) is 1. The highest BCUT2D eigenvalue weighted by atomic mass is 16.5. The molecule has 1 aliphatic carbocycles. The number of rotatable bonds is 8. The molecule has 0 radical (unpaired) electrons. The van der Waals surface area contributed by atoms with Crippen LogP contribution < -0.4 is 15.0 Å². The van der Waals surface area contributed by atoms with E-state index in [-0.39, 0.29) is 17.4 Å². The van der Waals surface area contributed by atoms with Gasteiger partial charge < -0.3 is 19.9 Å². The van der Waals surface area contributed by atoms with Crippen LogP contribution in [0.4, 0.5) is 0 Å². The fraction of sp³-hybridized carbons (Fsp3) is 0.600. The Morgan fingerprint density at radius 3 is 2.31 bits per heavy atom. The maximum absolute atomic E-state index is 12.8. The van der Waals surface area contributed by atoms with E-state index >= 15 is 0 Å². The molecular formula is C20H32N3O3+. The molecule has 1 aromatic rings. The highest BCUT2D eigenvalue weighted by Crippen LogP contribution is 2.28. The summed E-state index contributed by atoms with van der Waals surface area (Å²) in [6.07, 6.45) is 2.12. The standard InChI is InChI=1S/C20H31N3O3/c1-20(2,3)21-18(24)13-22(4)14-19(25)23(16-8-9-16)12-15-6-10-17(26-5)11-7-15/h6-7,10-11,16H,8-9,12-14H2,1-5H3,(H,21,24)/p+1. The average Bonchev–Trinajstić information content (AvgIpc) is 3.35. The van der Waals surface area contributed by atoms with Crippen molar-refractivity contribution in [3.8, 4) is 5.75 Å². The molecule has 1 atom stereocenters. The second-order valence-corrected chi connectivity index (χ2v) is 8.21. The molecule has 0 aliphatic heterocycles. The molecule has 6 nitrogen and oxygen atoms in total. The van der Waals surface area contributed by atoms with Gasteiger partial charge in [-0.2, -0.15) is 0 Å². The predicted molar refractivity (Wildman–Crippen MR) is 101 cm³/mol. The second-order valence-electron chi connectivity index (χ2n) is 8.21. The van der Waals surface area contributed by atoms with Gasteiger partial charge in [0.15, 0.2) is 13.1 Å². The highest BCUT2D eigenvalue weighted by molar-refractivity contribution is 5.79. The van der Waals surface area contributed by atoms with E-state index in [2.05, 4.69) is 5.32 Å². The zero-order valence-corrected chi connectivity index (χ0v) is 16.6. The fourth-order valence-corrected chi connectivity index (χ4v) is 2.89. The van der Waals surface area contributed by atoms with Crippen molar-refractivity contribution in [2.45, 2.75) is 51.7 Å². The number of hydrogen-bond donors (Lipinski definition) is 2. The molecule has 0 spiro atoms. The van der Waals surface area contributed by atoms with Gasteiger partial charge in [0.05, 0.1) is 14.2 Å². The Balaban J connectivity index is 1.90. The lowest BCUT2D eigenvalue weighted by Crippen LogP contribution is -3.11. The number of likely N-dealkylation sites (N-methyl/N-ethyl adjacent to an activating group) is 1. The molecule has 1 aliphatic rings. The molecule has 0 saturated heterocycles. The molecule has 2 rings (SSSR count). The Bertz CT molecular complexity index is 618. The largest absolute Gasteiger partial charge is 0.497 e. The first-order chi connectivity index (χ1) is 12.2. The van der Waals surface area contributed by atoms with Gasteiger partial charge in [-0.05, 0) is 51.3 Å². The third-order valence-corrected chi connectivity index (χ3v) is 4.25. The van der Waals surface area contributed by atoms with Gasteiger partial charge in [0.1, 0.15) is 5.75 Å². The van der Waals surface area contributed by atoms with Crippen LogP contribution in [0, 0.1) is 0 Å². The van der Waals surface area contributed by atoms with Crippen LogP contribution in [0.5, 0.6) is 5.75 Å². The number of nitrogens with one attached hydrogen (secondary N) is 2. The zero-order valence-electron chi connectivity index (χ0n) is 16.6. The van der Waals surface area contributed by atoms with Gasteiger partial charge in [-0.1, -0.05) is 12.1 Å². The van der Waals surface area contributed by atoms with Crippen molar-refractivity contribution in [1.29, 1.82) is 0 Å². The van der Waals surface area contributed by atoms with E-state index in [4.69, 9.17) is 4.74 Å². The molecule has 1 unspecified atom stereocenters. The lowest BCUT2D eigenvalue weighted by Gasteiger charge is -2.25. The van der Waals surface area contributed by atoms with E-state index in [1.807, 2.05) is 57.0 Å². The maximum atomic E-state index is 12.8. The molecule has 2 amide bonds. The summed E-state index contributed by atoms with van der Waals surface area (Å²) in [4.78, 5) is 27.7. The molecule has 26 heavy (non-hydrogen) atoms. The number of carbonyl (C=O) groups excluding carboxylic acids is 2. The van der Waals surface area contributed by atoms with Crippen molar-refractivity contribution in [3.63, 3.8) is 0 Å². The van der Waals surface area contributed by atoms with Crippen molar-refractivity contribution < 1.29 is 19.2 Å². The molecule has 1 saturated carbocycles. The third kappa shape index (κ3) is 6.67. The summed E-state index contributed by atoms with van der Waals surface area (Å²) in [5.74, 6) is 0.882. The van der Waals surface area contributed by atoms with E-state index in [1.54, 1.807) is 7.11 Å². The molecular weight excluding hydrogens is 330 g/mol. The molecule has 0 heterocycles. The molecule has 144 valence electrons. The first-order valence-electron chi connectivity index (χ1n) is 9.22. The van der Waals surface area contributed by atoms with Gasteiger partial charge >= 0.3 is 0 Å². The second kappa shape index (κ2) is 8.54. The van der Waals surface area contributed by atoms with Crippen molar-refractivity contribution in [2.24, 2.45) is 0 Å². The van der Waals surface area contributed by atoms with Crippen molar-refractivity contribution >= 4 is 11.8 Å². The zero-order chi connectivity index (χ0) is 19.3. The lowest BCUT2D eigenvalue weighted by atomic mass is 10.1. The molecule has 0 aromatic heterocycles. The molecule has 0 bridgehead atoms.